The molecule has 0 spiro atoms. The Bertz CT molecular complexity index is 1100. The van der Waals surface area contributed by atoms with E-state index < -0.39 is 12.0 Å². The van der Waals surface area contributed by atoms with E-state index in [4.69, 9.17) is 4.74 Å². The molecular formula is C21H21N3O4. The molecule has 1 aromatic carbocycles. The van der Waals surface area contributed by atoms with Crippen LogP contribution >= 0.6 is 0 Å². The van der Waals surface area contributed by atoms with E-state index in [0.717, 1.165) is 11.3 Å². The summed E-state index contributed by atoms with van der Waals surface area (Å²) >= 11 is 0. The maximum atomic E-state index is 12.3. The summed E-state index contributed by atoms with van der Waals surface area (Å²) in [7, 11) is 0. The number of hydrogen-bond acceptors (Lipinski definition) is 5. The molecule has 2 heterocycles. The fraction of sp³-hybridized carbons (Fsp3) is 0.238. The van der Waals surface area contributed by atoms with Crippen molar-refractivity contribution in [2.75, 3.05) is 0 Å². The third-order valence-corrected chi connectivity index (χ3v) is 4.28. The Labute approximate surface area is 162 Å². The van der Waals surface area contributed by atoms with Crippen molar-refractivity contribution < 1.29 is 14.3 Å². The summed E-state index contributed by atoms with van der Waals surface area (Å²) in [4.78, 5) is 41.0. The van der Waals surface area contributed by atoms with E-state index in [2.05, 4.69) is 10.3 Å². The second-order valence-corrected chi connectivity index (χ2v) is 6.62. The van der Waals surface area contributed by atoms with Gasteiger partial charge in [-0.1, -0.05) is 23.8 Å². The number of hydrogen-bond donors (Lipinski definition) is 1. The minimum atomic E-state index is -0.836. The maximum absolute atomic E-state index is 12.3. The number of ether oxygens (including phenoxy) is 1. The Morgan fingerprint density at radius 3 is 2.64 bits per heavy atom. The number of rotatable bonds is 5. The number of carbonyl (C=O) groups is 2. The zero-order chi connectivity index (χ0) is 20.3. The van der Waals surface area contributed by atoms with Gasteiger partial charge in [-0.25, -0.2) is 9.78 Å². The second kappa shape index (κ2) is 8.04. The van der Waals surface area contributed by atoms with Crippen molar-refractivity contribution in [2.24, 2.45) is 0 Å². The standard InChI is InChI=1S/C21H21N3O4/c1-13-6-4-8-16(10-13)20(26)22-15(3)21(27)28-12-17-11-19(25)24-14(2)7-5-9-18(24)23-17/h4-11,15H,12H2,1-3H3,(H,22,26)/t15-/m0/s1. The molecule has 0 aliphatic carbocycles. The van der Waals surface area contributed by atoms with Crippen molar-refractivity contribution in [3.63, 3.8) is 0 Å². The lowest BCUT2D eigenvalue weighted by Gasteiger charge is -2.14. The summed E-state index contributed by atoms with van der Waals surface area (Å²) in [6.07, 6.45) is 0. The van der Waals surface area contributed by atoms with E-state index in [9.17, 15) is 14.4 Å². The average molecular weight is 379 g/mol. The van der Waals surface area contributed by atoms with Gasteiger partial charge in [-0.15, -0.1) is 0 Å². The fourth-order valence-electron chi connectivity index (χ4n) is 2.83. The van der Waals surface area contributed by atoms with Crippen LogP contribution in [0.15, 0.2) is 53.3 Å². The fourth-order valence-corrected chi connectivity index (χ4v) is 2.83. The smallest absolute Gasteiger partial charge is 0.328 e. The van der Waals surface area contributed by atoms with Gasteiger partial charge in [0.05, 0.1) is 5.69 Å². The number of nitrogens with one attached hydrogen (secondary N) is 1. The lowest BCUT2D eigenvalue weighted by molar-refractivity contribution is -0.146. The van der Waals surface area contributed by atoms with Crippen molar-refractivity contribution in [3.05, 3.63) is 81.4 Å². The Morgan fingerprint density at radius 1 is 1.14 bits per heavy atom. The highest BCUT2D eigenvalue weighted by Gasteiger charge is 2.18. The highest BCUT2D eigenvalue weighted by Crippen LogP contribution is 2.06. The number of aromatic nitrogens is 2. The van der Waals surface area contributed by atoms with Crippen LogP contribution in [0, 0.1) is 13.8 Å². The monoisotopic (exact) mass is 379 g/mol. The Kier molecular flexibility index (Phi) is 5.54. The van der Waals surface area contributed by atoms with Gasteiger partial charge >= 0.3 is 5.97 Å². The largest absolute Gasteiger partial charge is 0.458 e. The first kappa shape index (κ1) is 19.3. The van der Waals surface area contributed by atoms with E-state index in [1.807, 2.05) is 26.0 Å². The van der Waals surface area contributed by atoms with Crippen molar-refractivity contribution in [1.29, 1.82) is 0 Å². The molecule has 2 aromatic heterocycles. The lowest BCUT2D eigenvalue weighted by Crippen LogP contribution is -2.39. The summed E-state index contributed by atoms with van der Waals surface area (Å²) in [6.45, 7) is 5.09. The molecule has 0 saturated heterocycles. The molecule has 0 aliphatic rings. The van der Waals surface area contributed by atoms with Crippen LogP contribution in [0.3, 0.4) is 0 Å². The van der Waals surface area contributed by atoms with Crippen LogP contribution in [-0.4, -0.2) is 27.3 Å². The summed E-state index contributed by atoms with van der Waals surface area (Å²) in [5, 5.41) is 2.61. The van der Waals surface area contributed by atoms with Crippen LogP contribution < -0.4 is 10.9 Å². The topological polar surface area (TPSA) is 89.8 Å². The van der Waals surface area contributed by atoms with E-state index >= 15 is 0 Å². The first-order valence-electron chi connectivity index (χ1n) is 8.87. The van der Waals surface area contributed by atoms with Crippen molar-refractivity contribution >= 4 is 17.5 Å². The second-order valence-electron chi connectivity index (χ2n) is 6.62. The number of esters is 1. The first-order valence-corrected chi connectivity index (χ1v) is 8.87. The van der Waals surface area contributed by atoms with Gasteiger partial charge < -0.3 is 10.1 Å². The third kappa shape index (κ3) is 4.25. The molecule has 1 N–H and O–H groups in total. The molecule has 7 heteroatoms. The number of pyridine rings is 1. The van der Waals surface area contributed by atoms with Crippen molar-refractivity contribution in [2.45, 2.75) is 33.4 Å². The average Bonchev–Trinajstić information content (AvgIpc) is 2.65. The minimum Gasteiger partial charge on any atom is -0.458 e. The van der Waals surface area contributed by atoms with E-state index in [-0.39, 0.29) is 18.1 Å². The van der Waals surface area contributed by atoms with Gasteiger partial charge in [-0.2, -0.15) is 0 Å². The molecule has 1 atom stereocenters. The summed E-state index contributed by atoms with van der Waals surface area (Å²) in [5.41, 5.74) is 2.78. The van der Waals surface area contributed by atoms with Gasteiger partial charge in [-0.3, -0.25) is 14.0 Å². The molecule has 0 unspecified atom stereocenters. The summed E-state index contributed by atoms with van der Waals surface area (Å²) < 4.78 is 6.70. The van der Waals surface area contributed by atoms with Gasteiger partial charge in [0.2, 0.25) is 0 Å². The maximum Gasteiger partial charge on any atom is 0.328 e. The van der Waals surface area contributed by atoms with Crippen LogP contribution in [0.1, 0.15) is 34.2 Å². The van der Waals surface area contributed by atoms with Gasteiger partial charge in [0.15, 0.2) is 0 Å². The summed E-state index contributed by atoms with van der Waals surface area (Å²) in [5.74, 6) is -0.960. The number of carbonyl (C=O) groups excluding carboxylic acids is 2. The lowest BCUT2D eigenvalue weighted by atomic mass is 10.1. The van der Waals surface area contributed by atoms with Crippen LogP contribution in [0.4, 0.5) is 0 Å². The predicted octanol–water partition coefficient (Wildman–Crippen LogP) is 2.17. The number of amides is 1. The Balaban J connectivity index is 1.64. The molecule has 0 fully saturated rings. The molecule has 0 aliphatic heterocycles. The van der Waals surface area contributed by atoms with Crippen LogP contribution in [0.2, 0.25) is 0 Å². The number of fused-ring (bicyclic) bond motifs is 1. The molecule has 1 amide bonds. The quantitative estimate of drug-likeness (QED) is 0.686. The zero-order valence-corrected chi connectivity index (χ0v) is 15.9. The molecule has 144 valence electrons. The normalized spacial score (nSPS) is 11.8. The Morgan fingerprint density at radius 2 is 1.89 bits per heavy atom. The van der Waals surface area contributed by atoms with E-state index in [0.29, 0.717) is 16.9 Å². The molecule has 28 heavy (non-hydrogen) atoms. The minimum absolute atomic E-state index is 0.150. The van der Waals surface area contributed by atoms with Gasteiger partial charge in [0.25, 0.3) is 11.5 Å². The van der Waals surface area contributed by atoms with Gasteiger partial charge in [0, 0.05) is 17.3 Å². The highest BCUT2D eigenvalue weighted by molar-refractivity contribution is 5.96. The van der Waals surface area contributed by atoms with Crippen molar-refractivity contribution in [3.8, 4) is 0 Å². The zero-order valence-electron chi connectivity index (χ0n) is 15.9. The number of aryl methyl sites for hydroxylation is 2. The third-order valence-electron chi connectivity index (χ3n) is 4.28. The SMILES string of the molecule is Cc1cccc(C(=O)N[C@@H](C)C(=O)OCc2cc(=O)n3c(C)cccc3n2)c1. The molecular weight excluding hydrogens is 358 g/mol. The molecule has 3 rings (SSSR count). The van der Waals surface area contributed by atoms with Gasteiger partial charge in [-0.05, 0) is 45.0 Å². The first-order chi connectivity index (χ1) is 13.3. The van der Waals surface area contributed by atoms with Crippen LogP contribution in [-0.2, 0) is 16.1 Å². The summed E-state index contributed by atoms with van der Waals surface area (Å²) in [6, 6.07) is 12.9. The van der Waals surface area contributed by atoms with E-state index in [1.165, 1.54) is 10.5 Å². The molecule has 0 saturated carbocycles. The van der Waals surface area contributed by atoms with E-state index in [1.54, 1.807) is 37.3 Å². The van der Waals surface area contributed by atoms with Crippen LogP contribution in [0.25, 0.3) is 5.65 Å². The highest BCUT2D eigenvalue weighted by atomic mass is 16.5. The van der Waals surface area contributed by atoms with Gasteiger partial charge in [0.1, 0.15) is 18.3 Å². The Hall–Kier alpha value is -3.48. The number of benzene rings is 1. The molecule has 0 radical (unpaired) electrons. The molecule has 7 nitrogen and oxygen atoms in total. The number of nitrogens with zero attached hydrogens (tertiary/aromatic N) is 2. The predicted molar refractivity (Wildman–Crippen MR) is 104 cm³/mol. The van der Waals surface area contributed by atoms with Crippen LogP contribution in [0.5, 0.6) is 0 Å². The van der Waals surface area contributed by atoms with Crippen molar-refractivity contribution in [1.82, 2.24) is 14.7 Å². The molecule has 3 aromatic rings. The molecule has 0 bridgehead atoms.